The Morgan fingerprint density at radius 3 is 2.55 bits per heavy atom. The van der Waals surface area contributed by atoms with Crippen molar-refractivity contribution in [3.05, 3.63) is 84.6 Å². The molecule has 4 heterocycles. The third kappa shape index (κ3) is 4.03. The van der Waals surface area contributed by atoms with E-state index in [0.717, 1.165) is 22.1 Å². The molecule has 7 nitrogen and oxygen atoms in total. The molecule has 166 valence electrons. The van der Waals surface area contributed by atoms with E-state index in [0.29, 0.717) is 16.8 Å². The lowest BCUT2D eigenvalue weighted by Gasteiger charge is -2.12. The van der Waals surface area contributed by atoms with Crippen molar-refractivity contribution >= 4 is 34.5 Å². The lowest BCUT2D eigenvalue weighted by atomic mass is 10.0. The van der Waals surface area contributed by atoms with E-state index in [2.05, 4.69) is 15.3 Å². The van der Waals surface area contributed by atoms with Crippen LogP contribution in [0.3, 0.4) is 0 Å². The quantitative estimate of drug-likeness (QED) is 0.463. The summed E-state index contributed by atoms with van der Waals surface area (Å²) in [4.78, 5) is 36.4. The number of hydrogen-bond acceptors (Lipinski definition) is 6. The Hall–Kier alpha value is -3.49. The van der Waals surface area contributed by atoms with Crippen molar-refractivity contribution in [3.63, 3.8) is 0 Å². The number of carbonyl (C=O) groups is 2. The number of nitrogens with zero attached hydrogens (tertiary/aromatic N) is 4. The molecule has 1 fully saturated rings. The average Bonchev–Trinajstić information content (AvgIpc) is 3.49. The number of amides is 1. The monoisotopic (exact) mass is 457 g/mol. The number of aromatic nitrogens is 3. The number of benzene rings is 1. The minimum atomic E-state index is -0.341. The van der Waals surface area contributed by atoms with Gasteiger partial charge in [0.1, 0.15) is 0 Å². The van der Waals surface area contributed by atoms with Crippen LogP contribution in [-0.2, 0) is 0 Å². The number of Topliss-reactive ketones (excluding diaryl/α,β-unsaturated/α-hetero) is 1. The molecule has 1 N–H and O–H groups in total. The summed E-state index contributed by atoms with van der Waals surface area (Å²) in [6, 6.07) is 13.0. The van der Waals surface area contributed by atoms with Gasteiger partial charge in [-0.1, -0.05) is 24.3 Å². The van der Waals surface area contributed by atoms with E-state index < -0.39 is 0 Å². The Morgan fingerprint density at radius 1 is 1.06 bits per heavy atom. The summed E-state index contributed by atoms with van der Waals surface area (Å²) in [6.45, 7) is 0. The molecule has 1 aliphatic heterocycles. The lowest BCUT2D eigenvalue weighted by Crippen LogP contribution is -2.34. The third-order valence-corrected chi connectivity index (χ3v) is 7.01. The second kappa shape index (κ2) is 8.80. The van der Waals surface area contributed by atoms with Gasteiger partial charge in [-0.05, 0) is 29.3 Å². The van der Waals surface area contributed by atoms with E-state index in [9.17, 15) is 9.59 Å². The first kappa shape index (κ1) is 21.4. The molecule has 0 saturated carbocycles. The van der Waals surface area contributed by atoms with Crippen LogP contribution in [0.1, 0.15) is 21.3 Å². The minimum Gasteiger partial charge on any atom is -0.330 e. The third-order valence-electron chi connectivity index (χ3n) is 5.74. The highest BCUT2D eigenvalue weighted by Gasteiger charge is 2.33. The van der Waals surface area contributed by atoms with Crippen molar-refractivity contribution in [2.45, 2.75) is 11.4 Å². The van der Waals surface area contributed by atoms with E-state index in [1.165, 1.54) is 4.90 Å². The molecule has 8 heteroatoms. The molecule has 0 spiro atoms. The van der Waals surface area contributed by atoms with Crippen LogP contribution in [0.4, 0.5) is 4.79 Å². The van der Waals surface area contributed by atoms with Crippen molar-refractivity contribution < 1.29 is 9.59 Å². The standard InChI is InChI=1S/C25H23N5O2S/c1-29(2)25(32)30-14-20(19-8-7-16(11-22(19)30)17-5-3-9-26-12-17)23(31)21-15-33-24(28-21)18-6-4-10-27-13-18/h3-14,21,24,28H,15H2,1-2H3/t21-,24?/m0/s1. The maximum absolute atomic E-state index is 13.6. The highest BCUT2D eigenvalue weighted by Crippen LogP contribution is 2.35. The lowest BCUT2D eigenvalue weighted by molar-refractivity contribution is 0.0957. The molecule has 1 unspecified atom stereocenters. The zero-order valence-corrected chi connectivity index (χ0v) is 19.1. The Morgan fingerprint density at radius 2 is 1.85 bits per heavy atom. The molecule has 1 amide bonds. The summed E-state index contributed by atoms with van der Waals surface area (Å²) in [5, 5.41) is 4.21. The molecule has 33 heavy (non-hydrogen) atoms. The summed E-state index contributed by atoms with van der Waals surface area (Å²) >= 11 is 1.69. The average molecular weight is 458 g/mol. The van der Waals surface area contributed by atoms with Crippen molar-refractivity contribution in [3.8, 4) is 11.1 Å². The van der Waals surface area contributed by atoms with Gasteiger partial charge in [0, 0.05) is 67.3 Å². The van der Waals surface area contributed by atoms with Gasteiger partial charge in [-0.2, -0.15) is 0 Å². The molecule has 1 aromatic carbocycles. The minimum absolute atomic E-state index is 0.0154. The van der Waals surface area contributed by atoms with Gasteiger partial charge in [0.25, 0.3) is 0 Å². The normalized spacial score (nSPS) is 17.9. The van der Waals surface area contributed by atoms with Gasteiger partial charge in [0.15, 0.2) is 5.78 Å². The maximum atomic E-state index is 13.6. The summed E-state index contributed by atoms with van der Waals surface area (Å²) < 4.78 is 1.56. The first-order valence-electron chi connectivity index (χ1n) is 10.6. The van der Waals surface area contributed by atoms with E-state index in [4.69, 9.17) is 0 Å². The molecule has 0 bridgehead atoms. The van der Waals surface area contributed by atoms with E-state index in [-0.39, 0.29) is 23.2 Å². The van der Waals surface area contributed by atoms with Crippen LogP contribution in [0, 0.1) is 0 Å². The fraction of sp³-hybridized carbons (Fsp3) is 0.200. The van der Waals surface area contributed by atoms with Crippen molar-refractivity contribution in [2.24, 2.45) is 0 Å². The summed E-state index contributed by atoms with van der Waals surface area (Å²) in [5.74, 6) is 0.638. The van der Waals surface area contributed by atoms with Gasteiger partial charge >= 0.3 is 6.03 Å². The SMILES string of the molecule is CN(C)C(=O)n1cc(C(=O)[C@@H]2CSC(c3cccnc3)N2)c2ccc(-c3cccnc3)cc21. The van der Waals surface area contributed by atoms with Crippen LogP contribution in [0.25, 0.3) is 22.0 Å². The van der Waals surface area contributed by atoms with Gasteiger partial charge in [0.2, 0.25) is 0 Å². The largest absolute Gasteiger partial charge is 0.330 e. The van der Waals surface area contributed by atoms with Crippen LogP contribution >= 0.6 is 11.8 Å². The van der Waals surface area contributed by atoms with E-state index >= 15 is 0 Å². The van der Waals surface area contributed by atoms with Gasteiger partial charge in [-0.3, -0.25) is 24.6 Å². The molecule has 0 aliphatic carbocycles. The molecule has 1 aliphatic rings. The number of pyridine rings is 2. The van der Waals surface area contributed by atoms with Gasteiger partial charge in [0.05, 0.1) is 16.9 Å². The maximum Gasteiger partial charge on any atom is 0.328 e. The highest BCUT2D eigenvalue weighted by atomic mass is 32.2. The van der Waals surface area contributed by atoms with Crippen LogP contribution in [0.2, 0.25) is 0 Å². The molecule has 4 aromatic rings. The Bertz CT molecular complexity index is 1320. The summed E-state index contributed by atoms with van der Waals surface area (Å²) in [7, 11) is 3.41. The summed E-state index contributed by atoms with van der Waals surface area (Å²) in [5.41, 5.74) is 4.18. The molecule has 0 radical (unpaired) electrons. The van der Waals surface area contributed by atoms with Crippen LogP contribution < -0.4 is 5.32 Å². The van der Waals surface area contributed by atoms with Crippen LogP contribution in [-0.4, -0.2) is 57.1 Å². The molecular weight excluding hydrogens is 434 g/mol. The Balaban J connectivity index is 1.53. The first-order valence-corrected chi connectivity index (χ1v) is 11.7. The zero-order valence-electron chi connectivity index (χ0n) is 18.3. The van der Waals surface area contributed by atoms with Crippen molar-refractivity contribution in [1.82, 2.24) is 24.8 Å². The second-order valence-corrected chi connectivity index (χ2v) is 9.28. The van der Waals surface area contributed by atoms with Crippen molar-refractivity contribution in [1.29, 1.82) is 0 Å². The van der Waals surface area contributed by atoms with Gasteiger partial charge in [-0.15, -0.1) is 11.8 Å². The number of nitrogens with one attached hydrogen (secondary N) is 1. The van der Waals surface area contributed by atoms with Gasteiger partial charge in [-0.25, -0.2) is 4.79 Å². The second-order valence-electron chi connectivity index (χ2n) is 8.15. The fourth-order valence-electron chi connectivity index (χ4n) is 4.04. The number of ketones is 1. The zero-order chi connectivity index (χ0) is 22.9. The fourth-order valence-corrected chi connectivity index (χ4v) is 5.27. The Labute approximate surface area is 195 Å². The number of fused-ring (bicyclic) bond motifs is 1. The first-order chi connectivity index (χ1) is 16.0. The van der Waals surface area contributed by atoms with E-state index in [1.54, 1.807) is 55.2 Å². The van der Waals surface area contributed by atoms with Crippen molar-refractivity contribution in [2.75, 3.05) is 19.8 Å². The molecule has 1 saturated heterocycles. The van der Waals surface area contributed by atoms with Gasteiger partial charge < -0.3 is 4.90 Å². The van der Waals surface area contributed by atoms with E-state index in [1.807, 2.05) is 48.7 Å². The highest BCUT2D eigenvalue weighted by molar-refractivity contribution is 7.99. The predicted octanol–water partition coefficient (Wildman–Crippen LogP) is 4.21. The number of thioether (sulfide) groups is 1. The summed E-state index contributed by atoms with van der Waals surface area (Å²) in [6.07, 6.45) is 8.74. The number of hydrogen-bond donors (Lipinski definition) is 1. The smallest absolute Gasteiger partial charge is 0.328 e. The number of rotatable bonds is 4. The molecule has 2 atom stereocenters. The number of carbonyl (C=O) groups excluding carboxylic acids is 2. The molecule has 3 aromatic heterocycles. The van der Waals surface area contributed by atoms with Crippen LogP contribution in [0.15, 0.2) is 73.4 Å². The topological polar surface area (TPSA) is 80.1 Å². The predicted molar refractivity (Wildman–Crippen MR) is 130 cm³/mol. The van der Waals surface area contributed by atoms with Crippen LogP contribution in [0.5, 0.6) is 0 Å². The molecule has 5 rings (SSSR count). The molecular formula is C25H23N5O2S. The Kier molecular flexibility index (Phi) is 5.70.